The van der Waals surface area contributed by atoms with E-state index in [-0.39, 0.29) is 37.1 Å². The highest BCUT2D eigenvalue weighted by molar-refractivity contribution is 6.15. The molecule has 4 amide bonds. The molecule has 1 spiro atoms. The van der Waals surface area contributed by atoms with Crippen LogP contribution in [0.1, 0.15) is 30.4 Å². The normalized spacial score (nSPS) is 29.5. The Morgan fingerprint density at radius 3 is 2.73 bits per heavy atom. The highest BCUT2D eigenvalue weighted by Crippen LogP contribution is 2.53. The molecule has 3 aliphatic heterocycles. The summed E-state index contributed by atoms with van der Waals surface area (Å²) < 4.78 is 5.05. The maximum Gasteiger partial charge on any atom is 0.250 e. The molecule has 1 aromatic carbocycles. The van der Waals surface area contributed by atoms with Gasteiger partial charge in [-0.15, -0.1) is 0 Å². The minimum Gasteiger partial charge on any atom is -0.385 e. The number of hydrogen-bond donors (Lipinski definition) is 3. The lowest BCUT2D eigenvalue weighted by molar-refractivity contribution is -0.143. The molecule has 0 aromatic heterocycles. The van der Waals surface area contributed by atoms with Crippen LogP contribution in [0.15, 0.2) is 18.2 Å². The van der Waals surface area contributed by atoms with Gasteiger partial charge in [-0.25, -0.2) is 0 Å². The van der Waals surface area contributed by atoms with Crippen molar-refractivity contribution in [3.63, 3.8) is 0 Å². The van der Waals surface area contributed by atoms with Crippen molar-refractivity contribution in [3.8, 4) is 0 Å². The lowest BCUT2D eigenvalue weighted by atomic mass is 9.76. The van der Waals surface area contributed by atoms with Crippen molar-refractivity contribution in [2.75, 3.05) is 25.6 Å². The number of hydrogen-bond acceptors (Lipinski definition) is 6. The number of nitrogens with two attached hydrogens (primary N) is 1. The number of nitrogens with one attached hydrogen (secondary N) is 2. The maximum absolute atomic E-state index is 13.4. The summed E-state index contributed by atoms with van der Waals surface area (Å²) >= 11 is 0. The van der Waals surface area contributed by atoms with Crippen LogP contribution in [0.3, 0.4) is 0 Å². The van der Waals surface area contributed by atoms with E-state index < -0.39 is 29.3 Å². The summed E-state index contributed by atoms with van der Waals surface area (Å²) in [7, 11) is 1.56. The topological polar surface area (TPSA) is 131 Å². The van der Waals surface area contributed by atoms with Crippen molar-refractivity contribution < 1.29 is 23.9 Å². The Morgan fingerprint density at radius 1 is 1.27 bits per heavy atom. The number of carbonyl (C=O) groups is 4. The molecule has 4 atom stereocenters. The van der Waals surface area contributed by atoms with Crippen molar-refractivity contribution in [1.82, 2.24) is 10.2 Å². The number of rotatable bonds is 7. The molecular formula is C21H26N4O5. The Labute approximate surface area is 174 Å². The second-order valence-electron chi connectivity index (χ2n) is 8.24. The summed E-state index contributed by atoms with van der Waals surface area (Å²) in [5.41, 5.74) is 6.23. The molecule has 160 valence electrons. The number of methoxy groups -OCH3 is 1. The van der Waals surface area contributed by atoms with Crippen molar-refractivity contribution in [2.45, 2.75) is 37.8 Å². The SMILES string of the molecule is COCCCN1C(=O)C2C(CCC(N)=O)NC3(C(=O)Nc4ccc(C)cc43)C2C1=O. The van der Waals surface area contributed by atoms with Crippen molar-refractivity contribution in [3.05, 3.63) is 29.3 Å². The summed E-state index contributed by atoms with van der Waals surface area (Å²) in [6.07, 6.45) is 0.851. The van der Waals surface area contributed by atoms with Crippen LogP contribution in [0.2, 0.25) is 0 Å². The first-order valence-corrected chi connectivity index (χ1v) is 10.1. The molecule has 4 N–H and O–H groups in total. The summed E-state index contributed by atoms with van der Waals surface area (Å²) in [6, 6.07) is 5.05. The van der Waals surface area contributed by atoms with Crippen LogP contribution >= 0.6 is 0 Å². The molecule has 2 fully saturated rings. The Hall–Kier alpha value is -2.78. The monoisotopic (exact) mass is 414 g/mol. The Balaban J connectivity index is 1.77. The van der Waals surface area contributed by atoms with E-state index in [0.29, 0.717) is 24.3 Å². The van der Waals surface area contributed by atoms with Crippen LogP contribution < -0.4 is 16.4 Å². The van der Waals surface area contributed by atoms with E-state index in [1.54, 1.807) is 7.11 Å². The van der Waals surface area contributed by atoms with Crippen molar-refractivity contribution in [2.24, 2.45) is 17.6 Å². The zero-order valence-corrected chi connectivity index (χ0v) is 17.1. The van der Waals surface area contributed by atoms with Gasteiger partial charge in [0, 0.05) is 44.0 Å². The van der Waals surface area contributed by atoms with Crippen LogP contribution in [0, 0.1) is 18.8 Å². The van der Waals surface area contributed by atoms with Gasteiger partial charge >= 0.3 is 0 Å². The standard InChI is InChI=1S/C21H26N4O5/c1-11-4-5-13-12(10-11)21(20(29)23-13)17-16(14(24-21)6-7-15(22)26)18(27)25(19(17)28)8-3-9-30-2/h4-5,10,14,16-17,24H,3,6-9H2,1-2H3,(H2,22,26)(H,23,29). The number of likely N-dealkylation sites (tertiary alicyclic amines) is 1. The van der Waals surface area contributed by atoms with Gasteiger partial charge in [0.25, 0.3) is 0 Å². The first kappa shape index (κ1) is 20.5. The molecule has 30 heavy (non-hydrogen) atoms. The third-order valence-corrected chi connectivity index (χ3v) is 6.39. The molecule has 9 heteroatoms. The number of imide groups is 1. The minimum absolute atomic E-state index is 0.0599. The molecule has 1 aromatic rings. The third kappa shape index (κ3) is 2.92. The van der Waals surface area contributed by atoms with Gasteiger partial charge in [0.2, 0.25) is 23.6 Å². The zero-order valence-electron chi connectivity index (χ0n) is 17.1. The van der Waals surface area contributed by atoms with Crippen molar-refractivity contribution >= 4 is 29.3 Å². The molecule has 2 saturated heterocycles. The lowest BCUT2D eigenvalue weighted by Crippen LogP contribution is -2.53. The summed E-state index contributed by atoms with van der Waals surface area (Å²) in [5, 5.41) is 6.16. The van der Waals surface area contributed by atoms with Gasteiger partial charge in [-0.05, 0) is 25.8 Å². The fraction of sp³-hybridized carbons (Fsp3) is 0.524. The number of anilines is 1. The van der Waals surface area contributed by atoms with E-state index >= 15 is 0 Å². The molecule has 0 radical (unpaired) electrons. The first-order chi connectivity index (χ1) is 14.3. The van der Waals surface area contributed by atoms with E-state index in [4.69, 9.17) is 10.5 Å². The van der Waals surface area contributed by atoms with Crippen molar-refractivity contribution in [1.29, 1.82) is 0 Å². The zero-order chi connectivity index (χ0) is 21.6. The largest absolute Gasteiger partial charge is 0.385 e. The van der Waals surface area contributed by atoms with Crippen LogP contribution in [-0.4, -0.2) is 54.8 Å². The van der Waals surface area contributed by atoms with Gasteiger partial charge in [0.15, 0.2) is 0 Å². The Bertz CT molecular complexity index is 932. The smallest absolute Gasteiger partial charge is 0.250 e. The molecular weight excluding hydrogens is 388 g/mol. The second kappa shape index (κ2) is 7.48. The van der Waals surface area contributed by atoms with E-state index in [1.165, 1.54) is 4.90 Å². The predicted molar refractivity (Wildman–Crippen MR) is 107 cm³/mol. The number of amides is 4. The van der Waals surface area contributed by atoms with E-state index in [2.05, 4.69) is 10.6 Å². The highest BCUT2D eigenvalue weighted by atomic mass is 16.5. The molecule has 3 heterocycles. The van der Waals surface area contributed by atoms with Crippen LogP contribution in [0.25, 0.3) is 0 Å². The third-order valence-electron chi connectivity index (χ3n) is 6.39. The Morgan fingerprint density at radius 2 is 2.03 bits per heavy atom. The Kier molecular flexibility index (Phi) is 5.11. The van der Waals surface area contributed by atoms with Gasteiger partial charge in [-0.1, -0.05) is 17.7 Å². The molecule has 4 unspecified atom stereocenters. The van der Waals surface area contributed by atoms with E-state index in [9.17, 15) is 19.2 Å². The molecule has 3 aliphatic rings. The van der Waals surface area contributed by atoms with E-state index in [0.717, 1.165) is 5.56 Å². The van der Waals surface area contributed by atoms with Crippen LogP contribution in [0.5, 0.6) is 0 Å². The van der Waals surface area contributed by atoms with Crippen LogP contribution in [0.4, 0.5) is 5.69 Å². The predicted octanol–water partition coefficient (Wildman–Crippen LogP) is 0.0174. The highest BCUT2D eigenvalue weighted by Gasteiger charge is 2.70. The number of benzene rings is 1. The number of nitrogens with zero attached hydrogens (tertiary/aromatic N) is 1. The number of fused-ring (bicyclic) bond motifs is 4. The number of primary amides is 1. The summed E-state index contributed by atoms with van der Waals surface area (Å²) in [4.78, 5) is 52.6. The number of aryl methyl sites for hydroxylation is 1. The summed E-state index contributed by atoms with van der Waals surface area (Å²) in [5.74, 6) is -3.10. The molecule has 9 nitrogen and oxygen atoms in total. The average Bonchev–Trinajstić information content (AvgIpc) is 3.27. The molecule has 0 saturated carbocycles. The van der Waals surface area contributed by atoms with Gasteiger partial charge in [0.05, 0.1) is 11.8 Å². The number of ether oxygens (including phenoxy) is 1. The van der Waals surface area contributed by atoms with Crippen LogP contribution in [-0.2, 0) is 29.5 Å². The fourth-order valence-electron chi connectivity index (χ4n) is 5.11. The lowest BCUT2D eigenvalue weighted by Gasteiger charge is -2.29. The average molecular weight is 414 g/mol. The quantitative estimate of drug-likeness (QED) is 0.426. The molecule has 0 aliphatic carbocycles. The maximum atomic E-state index is 13.4. The molecule has 4 rings (SSSR count). The summed E-state index contributed by atoms with van der Waals surface area (Å²) in [6.45, 7) is 2.56. The van der Waals surface area contributed by atoms with Gasteiger partial charge in [-0.3, -0.25) is 29.4 Å². The fourth-order valence-corrected chi connectivity index (χ4v) is 5.11. The first-order valence-electron chi connectivity index (χ1n) is 10.1. The van der Waals surface area contributed by atoms with Gasteiger partial charge in [-0.2, -0.15) is 0 Å². The molecule has 0 bridgehead atoms. The van der Waals surface area contributed by atoms with Gasteiger partial charge < -0.3 is 15.8 Å². The minimum atomic E-state index is -1.34. The van der Waals surface area contributed by atoms with E-state index in [1.807, 2.05) is 25.1 Å². The van der Waals surface area contributed by atoms with Gasteiger partial charge in [0.1, 0.15) is 5.54 Å². The second-order valence-corrected chi connectivity index (χ2v) is 8.24. The number of carbonyl (C=O) groups excluding carboxylic acids is 4.